The van der Waals surface area contributed by atoms with Crippen molar-refractivity contribution in [1.29, 1.82) is 0 Å². The maximum absolute atomic E-state index is 2.17. The van der Waals surface area contributed by atoms with Crippen LogP contribution >= 0.6 is 37.2 Å². The number of rotatable bonds is 1. The van der Waals surface area contributed by atoms with E-state index < -0.39 is 0 Å². The normalized spacial score (nSPS) is 6.91. The van der Waals surface area contributed by atoms with E-state index in [9.17, 15) is 0 Å². The van der Waals surface area contributed by atoms with Crippen molar-refractivity contribution < 1.29 is 0 Å². The monoisotopic (exact) mass is 230 g/mol. The van der Waals surface area contributed by atoms with Crippen molar-refractivity contribution in [2.45, 2.75) is 6.04 Å². The van der Waals surface area contributed by atoms with Crippen molar-refractivity contribution in [2.24, 2.45) is 0 Å². The van der Waals surface area contributed by atoms with Gasteiger partial charge in [-0.3, -0.25) is 0 Å². The Hall–Kier alpha value is 0.307. The van der Waals surface area contributed by atoms with Crippen molar-refractivity contribution in [1.82, 2.24) is 0 Å². The van der Waals surface area contributed by atoms with E-state index in [2.05, 4.69) is 30.3 Å². The third-order valence-corrected chi connectivity index (χ3v) is 2.07. The second kappa shape index (κ2) is 10.3. The smallest absolute Gasteiger partial charge is 0.00833 e. The fourth-order valence-electron chi connectivity index (χ4n) is 0.714. The number of benzene rings is 1. The van der Waals surface area contributed by atoms with Crippen LogP contribution in [0.3, 0.4) is 0 Å². The summed E-state index contributed by atoms with van der Waals surface area (Å²) in [6.45, 7) is 0. The minimum atomic E-state index is 0. The molecule has 0 saturated heterocycles. The summed E-state index contributed by atoms with van der Waals surface area (Å²) in [5, 5.41) is 0. The maximum Gasteiger partial charge on any atom is 0.00833 e. The molecule has 0 aliphatic heterocycles. The first-order valence-electron chi connectivity index (χ1n) is 2.97. The highest BCUT2D eigenvalue weighted by molar-refractivity contribution is 6.08. The van der Waals surface area contributed by atoms with Crippen molar-refractivity contribution in [3.05, 3.63) is 35.9 Å². The Bertz CT molecular complexity index is 155. The first-order valence-corrected chi connectivity index (χ1v) is 4.39. The second-order valence-electron chi connectivity index (χ2n) is 1.84. The Morgan fingerprint density at radius 2 is 1.36 bits per heavy atom. The van der Waals surface area contributed by atoms with Crippen LogP contribution < -0.4 is 0 Å². The van der Waals surface area contributed by atoms with Gasteiger partial charge in [0, 0.05) is 10.2 Å². The fraction of sp³-hybridized carbons (Fsp3) is 0.143. The van der Waals surface area contributed by atoms with Gasteiger partial charge in [0.05, 0.1) is 0 Å². The molecule has 0 unspecified atom stereocenters. The molecule has 1 aromatic rings. The SMILES string of the molecule is Cl.Cl.Cl.[SiH3]Cc1ccccc1. The molecule has 0 spiro atoms. The molecule has 4 heteroatoms. The van der Waals surface area contributed by atoms with Gasteiger partial charge in [0.2, 0.25) is 0 Å². The summed E-state index contributed by atoms with van der Waals surface area (Å²) < 4.78 is 0. The Balaban J connectivity index is -0.000000213. The van der Waals surface area contributed by atoms with E-state index in [0.717, 1.165) is 0 Å². The van der Waals surface area contributed by atoms with Crippen LogP contribution in [0.2, 0.25) is 0 Å². The summed E-state index contributed by atoms with van der Waals surface area (Å²) in [5.41, 5.74) is 1.47. The molecular weight excluding hydrogens is 219 g/mol. The number of halogens is 3. The quantitative estimate of drug-likeness (QED) is 0.647. The topological polar surface area (TPSA) is 0 Å². The zero-order valence-electron chi connectivity index (χ0n) is 6.32. The van der Waals surface area contributed by atoms with Gasteiger partial charge in [-0.2, -0.15) is 0 Å². The predicted molar refractivity (Wildman–Crippen MR) is 61.8 cm³/mol. The Morgan fingerprint density at radius 1 is 0.909 bits per heavy atom. The predicted octanol–water partition coefficient (Wildman–Crippen LogP) is 1.82. The summed E-state index contributed by atoms with van der Waals surface area (Å²) in [6, 6.07) is 11.9. The Kier molecular flexibility index (Phi) is 16.3. The standard InChI is InChI=1S/C7H10Si.3ClH/c8-6-7-4-2-1-3-5-7;;;/h1-5H,6H2,8H3;3*1H. The third-order valence-electron chi connectivity index (χ3n) is 1.25. The lowest BCUT2D eigenvalue weighted by Crippen LogP contribution is -1.78. The van der Waals surface area contributed by atoms with Gasteiger partial charge >= 0.3 is 0 Å². The van der Waals surface area contributed by atoms with Gasteiger partial charge < -0.3 is 0 Å². The number of hydrogen-bond donors (Lipinski definition) is 0. The Morgan fingerprint density at radius 3 is 1.64 bits per heavy atom. The van der Waals surface area contributed by atoms with Crippen LogP contribution in [0.15, 0.2) is 30.3 Å². The van der Waals surface area contributed by atoms with Gasteiger partial charge in [0.25, 0.3) is 0 Å². The number of hydrogen-bond acceptors (Lipinski definition) is 0. The molecule has 0 atom stereocenters. The lowest BCUT2D eigenvalue weighted by Gasteiger charge is -1.89. The minimum Gasteiger partial charge on any atom is -0.147 e. The van der Waals surface area contributed by atoms with Crippen molar-refractivity contribution >= 4 is 47.5 Å². The van der Waals surface area contributed by atoms with Crippen LogP contribution in [0.4, 0.5) is 0 Å². The summed E-state index contributed by atoms with van der Waals surface area (Å²) in [6.07, 6.45) is 0. The van der Waals surface area contributed by atoms with E-state index in [-0.39, 0.29) is 37.2 Å². The van der Waals surface area contributed by atoms with E-state index >= 15 is 0 Å². The maximum atomic E-state index is 2.17. The fourth-order valence-corrected chi connectivity index (χ4v) is 1.19. The van der Waals surface area contributed by atoms with Crippen LogP contribution in [0.25, 0.3) is 0 Å². The van der Waals surface area contributed by atoms with Gasteiger partial charge in [0.1, 0.15) is 0 Å². The van der Waals surface area contributed by atoms with Crippen molar-refractivity contribution in [2.75, 3.05) is 0 Å². The molecule has 0 aliphatic rings. The van der Waals surface area contributed by atoms with E-state index in [1.807, 2.05) is 0 Å². The molecule has 0 radical (unpaired) electrons. The molecule has 11 heavy (non-hydrogen) atoms. The summed E-state index contributed by atoms with van der Waals surface area (Å²) in [5.74, 6) is 0. The first-order chi connectivity index (χ1) is 3.93. The van der Waals surface area contributed by atoms with Crippen LogP contribution in [0.5, 0.6) is 0 Å². The summed E-state index contributed by atoms with van der Waals surface area (Å²) in [4.78, 5) is 0. The van der Waals surface area contributed by atoms with E-state index in [0.29, 0.717) is 0 Å². The molecule has 1 rings (SSSR count). The molecule has 0 amide bonds. The average Bonchev–Trinajstić information content (AvgIpc) is 1.90. The molecule has 1 aromatic carbocycles. The lowest BCUT2D eigenvalue weighted by molar-refractivity contribution is 1.40. The van der Waals surface area contributed by atoms with Crippen molar-refractivity contribution in [3.8, 4) is 0 Å². The molecule has 0 aliphatic carbocycles. The van der Waals surface area contributed by atoms with Gasteiger partial charge in [-0.25, -0.2) is 0 Å². The molecule has 0 saturated carbocycles. The highest BCUT2D eigenvalue weighted by Gasteiger charge is 1.80. The second-order valence-corrected chi connectivity index (χ2v) is 2.55. The summed E-state index contributed by atoms with van der Waals surface area (Å²) >= 11 is 0. The van der Waals surface area contributed by atoms with Gasteiger partial charge in [-0.05, 0) is 6.04 Å². The molecule has 0 N–H and O–H groups in total. The highest BCUT2D eigenvalue weighted by Crippen LogP contribution is 1.95. The lowest BCUT2D eigenvalue weighted by atomic mass is 10.2. The van der Waals surface area contributed by atoms with Crippen LogP contribution in [0, 0.1) is 0 Å². The van der Waals surface area contributed by atoms with E-state index in [1.165, 1.54) is 21.9 Å². The Labute approximate surface area is 89.4 Å². The van der Waals surface area contributed by atoms with Gasteiger partial charge in [-0.1, -0.05) is 35.9 Å². The van der Waals surface area contributed by atoms with Gasteiger partial charge in [-0.15, -0.1) is 37.2 Å². The molecule has 0 fully saturated rings. The summed E-state index contributed by atoms with van der Waals surface area (Å²) in [7, 11) is 1.28. The van der Waals surface area contributed by atoms with E-state index in [1.54, 1.807) is 0 Å². The molecule has 0 heterocycles. The largest absolute Gasteiger partial charge is 0.147 e. The van der Waals surface area contributed by atoms with Crippen LogP contribution in [-0.4, -0.2) is 10.2 Å². The molecular formula is C7H13Cl3Si. The average molecular weight is 232 g/mol. The first kappa shape index (κ1) is 17.4. The highest BCUT2D eigenvalue weighted by atomic mass is 35.5. The molecule has 0 aromatic heterocycles. The van der Waals surface area contributed by atoms with Crippen molar-refractivity contribution in [3.63, 3.8) is 0 Å². The third kappa shape index (κ3) is 6.69. The molecule has 0 nitrogen and oxygen atoms in total. The van der Waals surface area contributed by atoms with Crippen LogP contribution in [0.1, 0.15) is 5.56 Å². The molecule has 66 valence electrons. The minimum absolute atomic E-state index is 0. The zero-order valence-corrected chi connectivity index (χ0v) is 10.8. The van der Waals surface area contributed by atoms with E-state index in [4.69, 9.17) is 0 Å². The zero-order chi connectivity index (χ0) is 5.82. The van der Waals surface area contributed by atoms with Crippen LogP contribution in [-0.2, 0) is 6.04 Å². The van der Waals surface area contributed by atoms with Gasteiger partial charge in [0.15, 0.2) is 0 Å². The molecule has 0 bridgehead atoms.